The quantitative estimate of drug-likeness (QED) is 0.926. The number of hydrogen-bond donors (Lipinski definition) is 1. The molecule has 1 aromatic heterocycles. The van der Waals surface area contributed by atoms with Crippen LogP contribution < -0.4 is 10.5 Å². The van der Waals surface area contributed by atoms with Crippen LogP contribution in [-0.2, 0) is 12.0 Å². The van der Waals surface area contributed by atoms with Crippen molar-refractivity contribution in [3.63, 3.8) is 0 Å². The molecule has 106 valence electrons. The molecule has 0 saturated heterocycles. The van der Waals surface area contributed by atoms with Crippen molar-refractivity contribution in [1.82, 2.24) is 10.1 Å². The Bertz CT molecular complexity index is 570. The summed E-state index contributed by atoms with van der Waals surface area (Å²) in [6.45, 7) is 2.40. The maximum absolute atomic E-state index is 6.16. The van der Waals surface area contributed by atoms with E-state index in [0.717, 1.165) is 25.0 Å². The zero-order chi connectivity index (χ0) is 14.0. The zero-order valence-corrected chi connectivity index (χ0v) is 11.6. The molecule has 2 aromatic rings. The van der Waals surface area contributed by atoms with Crippen LogP contribution in [0.1, 0.15) is 37.9 Å². The molecular formula is C15H19N3O2. The van der Waals surface area contributed by atoms with Gasteiger partial charge in [0.1, 0.15) is 5.75 Å². The standard InChI is InChI=1S/C15H19N3O2/c1-15(9-5-8-12(15)16)14-17-13(18-20-14)10-19-11-6-3-2-4-7-11/h2-4,6-7,12H,5,8-10,16H2,1H3. The topological polar surface area (TPSA) is 74.2 Å². The molecule has 5 nitrogen and oxygen atoms in total. The Hall–Kier alpha value is -1.88. The highest BCUT2D eigenvalue weighted by molar-refractivity contribution is 5.21. The van der Waals surface area contributed by atoms with Crippen LogP contribution >= 0.6 is 0 Å². The smallest absolute Gasteiger partial charge is 0.234 e. The second-order valence-electron chi connectivity index (χ2n) is 5.53. The van der Waals surface area contributed by atoms with Crippen molar-refractivity contribution in [3.05, 3.63) is 42.0 Å². The van der Waals surface area contributed by atoms with Gasteiger partial charge in [-0.1, -0.05) is 29.8 Å². The minimum atomic E-state index is -0.196. The molecule has 20 heavy (non-hydrogen) atoms. The molecular weight excluding hydrogens is 254 g/mol. The maximum Gasteiger partial charge on any atom is 0.234 e. The lowest BCUT2D eigenvalue weighted by atomic mass is 9.85. The van der Waals surface area contributed by atoms with Crippen molar-refractivity contribution in [3.8, 4) is 5.75 Å². The van der Waals surface area contributed by atoms with Gasteiger partial charge >= 0.3 is 0 Å². The minimum absolute atomic E-state index is 0.0887. The fourth-order valence-electron chi connectivity index (χ4n) is 2.67. The van der Waals surface area contributed by atoms with Crippen LogP contribution in [0.5, 0.6) is 5.75 Å². The molecule has 0 amide bonds. The molecule has 0 spiro atoms. The summed E-state index contributed by atoms with van der Waals surface area (Å²) in [7, 11) is 0. The van der Waals surface area contributed by atoms with E-state index < -0.39 is 0 Å². The van der Waals surface area contributed by atoms with Crippen LogP contribution in [0.3, 0.4) is 0 Å². The summed E-state index contributed by atoms with van der Waals surface area (Å²) in [6, 6.07) is 9.68. The molecule has 0 bridgehead atoms. The van der Waals surface area contributed by atoms with Gasteiger partial charge in [-0.15, -0.1) is 0 Å². The lowest BCUT2D eigenvalue weighted by molar-refractivity contribution is 0.266. The predicted molar refractivity (Wildman–Crippen MR) is 74.3 cm³/mol. The number of nitrogens with two attached hydrogens (primary N) is 1. The number of hydrogen-bond acceptors (Lipinski definition) is 5. The highest BCUT2D eigenvalue weighted by Crippen LogP contribution is 2.38. The summed E-state index contributed by atoms with van der Waals surface area (Å²) >= 11 is 0. The highest BCUT2D eigenvalue weighted by atomic mass is 16.5. The first-order valence-corrected chi connectivity index (χ1v) is 6.95. The van der Waals surface area contributed by atoms with Crippen molar-refractivity contribution in [2.45, 2.75) is 44.2 Å². The molecule has 0 aliphatic heterocycles. The molecule has 1 aliphatic carbocycles. The zero-order valence-electron chi connectivity index (χ0n) is 11.6. The molecule has 2 atom stereocenters. The van der Waals surface area contributed by atoms with Crippen LogP contribution in [0.15, 0.2) is 34.9 Å². The average molecular weight is 273 g/mol. The molecule has 5 heteroatoms. The first-order chi connectivity index (χ1) is 9.68. The van der Waals surface area contributed by atoms with E-state index in [1.165, 1.54) is 0 Å². The summed E-state index contributed by atoms with van der Waals surface area (Å²) in [6.07, 6.45) is 3.11. The number of nitrogens with zero attached hydrogens (tertiary/aromatic N) is 2. The Kier molecular flexibility index (Phi) is 3.44. The van der Waals surface area contributed by atoms with Gasteiger partial charge < -0.3 is 15.0 Å². The third-order valence-corrected chi connectivity index (χ3v) is 4.10. The van der Waals surface area contributed by atoms with Crippen molar-refractivity contribution in [2.24, 2.45) is 5.73 Å². The van der Waals surface area contributed by atoms with Crippen LogP contribution in [0, 0.1) is 0 Å². The van der Waals surface area contributed by atoms with Gasteiger partial charge in [-0.05, 0) is 31.9 Å². The Morgan fingerprint density at radius 1 is 1.40 bits per heavy atom. The van der Waals surface area contributed by atoms with Crippen molar-refractivity contribution >= 4 is 0 Å². The lowest BCUT2D eigenvalue weighted by Crippen LogP contribution is -2.38. The third-order valence-electron chi connectivity index (χ3n) is 4.10. The van der Waals surface area contributed by atoms with E-state index in [1.54, 1.807) is 0 Å². The van der Waals surface area contributed by atoms with Crippen LogP contribution in [0.25, 0.3) is 0 Å². The van der Waals surface area contributed by atoms with E-state index in [4.69, 9.17) is 15.0 Å². The van der Waals surface area contributed by atoms with E-state index in [9.17, 15) is 0 Å². The highest BCUT2D eigenvalue weighted by Gasteiger charge is 2.42. The molecule has 1 saturated carbocycles. The van der Waals surface area contributed by atoms with Gasteiger partial charge in [0.25, 0.3) is 0 Å². The first-order valence-electron chi connectivity index (χ1n) is 6.95. The Labute approximate surface area is 118 Å². The molecule has 2 N–H and O–H groups in total. The van der Waals surface area contributed by atoms with E-state index in [0.29, 0.717) is 18.3 Å². The molecule has 1 aliphatic rings. The fourth-order valence-corrected chi connectivity index (χ4v) is 2.67. The van der Waals surface area contributed by atoms with E-state index in [2.05, 4.69) is 17.1 Å². The molecule has 1 heterocycles. The molecule has 0 radical (unpaired) electrons. The van der Waals surface area contributed by atoms with Crippen LogP contribution in [0.4, 0.5) is 0 Å². The normalized spacial score (nSPS) is 25.8. The molecule has 1 fully saturated rings. The fraction of sp³-hybridized carbons (Fsp3) is 0.467. The maximum atomic E-state index is 6.16. The second-order valence-corrected chi connectivity index (χ2v) is 5.53. The summed E-state index contributed by atoms with van der Waals surface area (Å²) in [4.78, 5) is 4.45. The van der Waals surface area contributed by atoms with Gasteiger partial charge in [-0.2, -0.15) is 4.98 Å². The third kappa shape index (κ3) is 2.41. The van der Waals surface area contributed by atoms with Crippen molar-refractivity contribution in [2.75, 3.05) is 0 Å². The predicted octanol–water partition coefficient (Wildman–Crippen LogP) is 2.42. The van der Waals surface area contributed by atoms with Crippen LogP contribution in [0.2, 0.25) is 0 Å². The number of aromatic nitrogens is 2. The number of ether oxygens (including phenoxy) is 1. The Morgan fingerprint density at radius 2 is 2.20 bits per heavy atom. The van der Waals surface area contributed by atoms with Crippen LogP contribution in [-0.4, -0.2) is 16.2 Å². The van der Waals surface area contributed by atoms with Gasteiger partial charge in [0.2, 0.25) is 11.7 Å². The summed E-state index contributed by atoms with van der Waals surface area (Å²) in [5, 5.41) is 3.99. The molecule has 2 unspecified atom stereocenters. The number of para-hydroxylation sites is 1. The van der Waals surface area contributed by atoms with E-state index in [-0.39, 0.29) is 11.5 Å². The second kappa shape index (κ2) is 5.25. The summed E-state index contributed by atoms with van der Waals surface area (Å²) in [5.41, 5.74) is 5.96. The van der Waals surface area contributed by atoms with E-state index >= 15 is 0 Å². The molecule has 3 rings (SSSR count). The average Bonchev–Trinajstić information content (AvgIpc) is 3.07. The van der Waals surface area contributed by atoms with Crippen molar-refractivity contribution in [1.29, 1.82) is 0 Å². The SMILES string of the molecule is CC1(c2nc(COc3ccccc3)no2)CCCC1N. The van der Waals surface area contributed by atoms with Gasteiger partial charge in [0, 0.05) is 6.04 Å². The largest absolute Gasteiger partial charge is 0.485 e. The number of rotatable bonds is 4. The summed E-state index contributed by atoms with van der Waals surface area (Å²) in [5.74, 6) is 1.99. The lowest BCUT2D eigenvalue weighted by Gasteiger charge is -2.23. The van der Waals surface area contributed by atoms with Gasteiger partial charge in [-0.25, -0.2) is 0 Å². The van der Waals surface area contributed by atoms with Gasteiger partial charge in [0.05, 0.1) is 5.41 Å². The van der Waals surface area contributed by atoms with Gasteiger partial charge in [0.15, 0.2) is 6.61 Å². The Morgan fingerprint density at radius 3 is 2.90 bits per heavy atom. The summed E-state index contributed by atoms with van der Waals surface area (Å²) < 4.78 is 11.0. The van der Waals surface area contributed by atoms with Crippen molar-refractivity contribution < 1.29 is 9.26 Å². The molecule has 1 aromatic carbocycles. The number of benzene rings is 1. The van der Waals surface area contributed by atoms with Gasteiger partial charge in [-0.3, -0.25) is 0 Å². The Balaban J connectivity index is 1.68. The van der Waals surface area contributed by atoms with E-state index in [1.807, 2.05) is 30.3 Å². The monoisotopic (exact) mass is 273 g/mol. The first kappa shape index (κ1) is 13.1. The minimum Gasteiger partial charge on any atom is -0.485 e.